The minimum absolute atomic E-state index is 0.505. The average Bonchev–Trinajstić information content (AvgIpc) is 2.53. The van der Waals surface area contributed by atoms with Crippen molar-refractivity contribution >= 4 is 5.96 Å². The van der Waals surface area contributed by atoms with Crippen molar-refractivity contribution in [2.75, 3.05) is 14.1 Å². The Labute approximate surface area is 76.4 Å². The maximum atomic E-state index is 4.80. The van der Waals surface area contributed by atoms with Gasteiger partial charge in [0.1, 0.15) is 0 Å². The summed E-state index contributed by atoms with van der Waals surface area (Å²) in [5.74, 6) is 1.88. The van der Waals surface area contributed by atoms with Crippen LogP contribution in [0.15, 0.2) is 9.52 Å². The molecule has 0 radical (unpaired) electrons. The monoisotopic (exact) mass is 183 g/mol. The fourth-order valence-corrected chi connectivity index (χ4v) is 0.855. The normalized spacial score (nSPS) is 11.5. The number of hydrogen-bond donors (Lipinski definition) is 2. The molecule has 0 spiro atoms. The van der Waals surface area contributed by atoms with Gasteiger partial charge in [-0.1, -0.05) is 5.16 Å². The van der Waals surface area contributed by atoms with Gasteiger partial charge in [-0.2, -0.15) is 4.98 Å². The molecule has 1 aromatic heterocycles. The molecule has 1 aromatic rings. The fraction of sp³-hybridized carbons (Fsp3) is 0.571. The van der Waals surface area contributed by atoms with E-state index in [9.17, 15) is 0 Å². The highest BCUT2D eigenvalue weighted by atomic mass is 16.5. The zero-order valence-electron chi connectivity index (χ0n) is 7.96. The van der Waals surface area contributed by atoms with Gasteiger partial charge in [0.05, 0.1) is 6.54 Å². The lowest BCUT2D eigenvalue weighted by molar-refractivity contribution is 0.387. The molecule has 0 unspecified atom stereocenters. The van der Waals surface area contributed by atoms with Crippen molar-refractivity contribution in [3.05, 3.63) is 11.7 Å². The molecule has 1 rings (SSSR count). The van der Waals surface area contributed by atoms with E-state index in [1.165, 1.54) is 0 Å². The summed E-state index contributed by atoms with van der Waals surface area (Å²) in [7, 11) is 3.48. The Morgan fingerprint density at radius 1 is 1.62 bits per heavy atom. The number of hydrogen-bond acceptors (Lipinski definition) is 4. The molecule has 6 nitrogen and oxygen atoms in total. The first-order valence-corrected chi connectivity index (χ1v) is 3.94. The molecule has 0 aliphatic rings. The van der Waals surface area contributed by atoms with E-state index in [2.05, 4.69) is 25.8 Å². The van der Waals surface area contributed by atoms with Crippen molar-refractivity contribution in [2.45, 2.75) is 13.5 Å². The van der Waals surface area contributed by atoms with Gasteiger partial charge < -0.3 is 15.2 Å². The zero-order valence-corrected chi connectivity index (χ0v) is 7.96. The van der Waals surface area contributed by atoms with Crippen LogP contribution in [0.1, 0.15) is 11.7 Å². The Balaban J connectivity index is 2.43. The van der Waals surface area contributed by atoms with Crippen molar-refractivity contribution in [3.63, 3.8) is 0 Å². The third-order valence-electron chi connectivity index (χ3n) is 1.44. The van der Waals surface area contributed by atoms with Gasteiger partial charge in [0.15, 0.2) is 11.8 Å². The number of nitrogens with zero attached hydrogens (tertiary/aromatic N) is 3. The SMILES string of the molecule is CN=C(NC)NCc1noc(C)n1. The summed E-state index contributed by atoms with van der Waals surface area (Å²) in [6.07, 6.45) is 0. The molecule has 0 aliphatic carbocycles. The van der Waals surface area contributed by atoms with Gasteiger partial charge in [-0.05, 0) is 0 Å². The summed E-state index contributed by atoms with van der Waals surface area (Å²) in [6, 6.07) is 0. The van der Waals surface area contributed by atoms with E-state index in [-0.39, 0.29) is 0 Å². The van der Waals surface area contributed by atoms with Crippen LogP contribution in [0.2, 0.25) is 0 Å². The van der Waals surface area contributed by atoms with Crippen molar-refractivity contribution in [1.29, 1.82) is 0 Å². The van der Waals surface area contributed by atoms with Gasteiger partial charge in [0.25, 0.3) is 0 Å². The minimum atomic E-state index is 0.505. The van der Waals surface area contributed by atoms with Crippen molar-refractivity contribution in [1.82, 2.24) is 20.8 Å². The van der Waals surface area contributed by atoms with E-state index in [0.717, 1.165) is 0 Å². The summed E-state index contributed by atoms with van der Waals surface area (Å²) in [5, 5.41) is 9.61. The van der Waals surface area contributed by atoms with E-state index < -0.39 is 0 Å². The van der Waals surface area contributed by atoms with Crippen LogP contribution >= 0.6 is 0 Å². The molecule has 0 atom stereocenters. The summed E-state index contributed by atoms with van der Waals surface area (Å²) in [6.45, 7) is 2.26. The molecule has 0 aromatic carbocycles. The highest BCUT2D eigenvalue weighted by Crippen LogP contribution is 1.93. The Morgan fingerprint density at radius 2 is 2.38 bits per heavy atom. The lowest BCUT2D eigenvalue weighted by Gasteiger charge is -2.04. The van der Waals surface area contributed by atoms with E-state index in [4.69, 9.17) is 4.52 Å². The summed E-state index contributed by atoms with van der Waals surface area (Å²) in [4.78, 5) is 7.96. The van der Waals surface area contributed by atoms with Crippen molar-refractivity contribution in [3.8, 4) is 0 Å². The van der Waals surface area contributed by atoms with E-state index in [1.54, 1.807) is 21.0 Å². The molecule has 0 saturated heterocycles. The molecule has 0 fully saturated rings. The fourth-order valence-electron chi connectivity index (χ4n) is 0.855. The van der Waals surface area contributed by atoms with Crippen LogP contribution in [0.3, 0.4) is 0 Å². The summed E-state index contributed by atoms with van der Waals surface area (Å²) < 4.78 is 4.80. The summed E-state index contributed by atoms with van der Waals surface area (Å²) >= 11 is 0. The first kappa shape index (κ1) is 9.50. The van der Waals surface area contributed by atoms with Gasteiger partial charge in [0.2, 0.25) is 5.89 Å². The second kappa shape index (κ2) is 4.44. The minimum Gasteiger partial charge on any atom is -0.359 e. The second-order valence-electron chi connectivity index (χ2n) is 2.41. The molecule has 0 aliphatic heterocycles. The molecule has 2 N–H and O–H groups in total. The van der Waals surface area contributed by atoms with Gasteiger partial charge in [-0.25, -0.2) is 0 Å². The predicted octanol–water partition coefficient (Wildman–Crippen LogP) is -0.327. The molecule has 6 heteroatoms. The van der Waals surface area contributed by atoms with Gasteiger partial charge in [-0.15, -0.1) is 0 Å². The van der Waals surface area contributed by atoms with E-state index in [0.29, 0.717) is 24.2 Å². The lowest BCUT2D eigenvalue weighted by atomic mass is 10.6. The quantitative estimate of drug-likeness (QED) is 0.485. The van der Waals surface area contributed by atoms with Crippen LogP contribution in [0, 0.1) is 6.92 Å². The van der Waals surface area contributed by atoms with E-state index >= 15 is 0 Å². The van der Waals surface area contributed by atoms with Crippen LogP contribution in [-0.2, 0) is 6.54 Å². The predicted molar refractivity (Wildman–Crippen MR) is 48.3 cm³/mol. The Bertz CT molecular complexity index is 293. The first-order valence-electron chi connectivity index (χ1n) is 3.94. The molecular weight excluding hydrogens is 170 g/mol. The van der Waals surface area contributed by atoms with Crippen molar-refractivity contribution in [2.24, 2.45) is 4.99 Å². The largest absolute Gasteiger partial charge is 0.359 e. The molecule has 0 bridgehead atoms. The molecule has 13 heavy (non-hydrogen) atoms. The topological polar surface area (TPSA) is 75.3 Å². The molecule has 0 amide bonds. The second-order valence-corrected chi connectivity index (χ2v) is 2.41. The average molecular weight is 183 g/mol. The maximum Gasteiger partial charge on any atom is 0.223 e. The third kappa shape index (κ3) is 2.73. The van der Waals surface area contributed by atoms with Gasteiger partial charge in [0, 0.05) is 21.0 Å². The number of guanidine groups is 1. The number of rotatable bonds is 2. The molecule has 1 heterocycles. The van der Waals surface area contributed by atoms with Crippen molar-refractivity contribution < 1.29 is 4.52 Å². The number of aromatic nitrogens is 2. The summed E-state index contributed by atoms with van der Waals surface area (Å²) in [5.41, 5.74) is 0. The smallest absolute Gasteiger partial charge is 0.223 e. The first-order chi connectivity index (χ1) is 6.26. The van der Waals surface area contributed by atoms with Crippen LogP contribution in [0.5, 0.6) is 0 Å². The van der Waals surface area contributed by atoms with Crippen LogP contribution < -0.4 is 10.6 Å². The third-order valence-corrected chi connectivity index (χ3v) is 1.44. The number of aliphatic imine (C=N–C) groups is 1. The number of aryl methyl sites for hydroxylation is 1. The highest BCUT2D eigenvalue weighted by Gasteiger charge is 2.01. The molecule has 72 valence electrons. The van der Waals surface area contributed by atoms with Gasteiger partial charge >= 0.3 is 0 Å². The van der Waals surface area contributed by atoms with E-state index in [1.807, 2.05) is 0 Å². The Hall–Kier alpha value is -1.59. The van der Waals surface area contributed by atoms with Crippen LogP contribution in [0.25, 0.3) is 0 Å². The van der Waals surface area contributed by atoms with Gasteiger partial charge in [-0.3, -0.25) is 4.99 Å². The van der Waals surface area contributed by atoms with Crippen LogP contribution in [0.4, 0.5) is 0 Å². The zero-order chi connectivity index (χ0) is 9.68. The maximum absolute atomic E-state index is 4.80. The molecular formula is C7H13N5O. The highest BCUT2D eigenvalue weighted by molar-refractivity contribution is 5.79. The Kier molecular flexibility index (Phi) is 3.24. The standard InChI is InChI=1S/C7H13N5O/c1-5-11-6(12-13-5)4-10-7(8-2)9-3/h4H2,1-3H3,(H2,8,9,10). The molecule has 0 saturated carbocycles. The Morgan fingerprint density at radius 3 is 2.85 bits per heavy atom. The lowest BCUT2D eigenvalue weighted by Crippen LogP contribution is -2.34. The number of nitrogens with one attached hydrogen (secondary N) is 2. The van der Waals surface area contributed by atoms with Crippen LogP contribution in [-0.4, -0.2) is 30.2 Å².